The summed E-state index contributed by atoms with van der Waals surface area (Å²) in [6.45, 7) is 3.62. The molecule has 38 heavy (non-hydrogen) atoms. The van der Waals surface area contributed by atoms with Gasteiger partial charge >= 0.3 is 0 Å². The van der Waals surface area contributed by atoms with E-state index in [1.165, 1.54) is 24.3 Å². The summed E-state index contributed by atoms with van der Waals surface area (Å²) in [7, 11) is -3.90. The minimum absolute atomic E-state index is 0.0440. The molecule has 2 amide bonds. The number of ketones is 1. The molecule has 0 spiro atoms. The highest BCUT2D eigenvalue weighted by atomic mass is 35.5. The Bertz CT molecular complexity index is 1400. The largest absolute Gasteiger partial charge is 0.451 e. The van der Waals surface area contributed by atoms with Gasteiger partial charge in [0.1, 0.15) is 11.6 Å². The maximum atomic E-state index is 13.2. The van der Waals surface area contributed by atoms with Crippen molar-refractivity contribution in [3.05, 3.63) is 65.4 Å². The molecule has 0 radical (unpaired) electrons. The number of nitrogens with zero attached hydrogens (tertiary/aromatic N) is 1. The average molecular weight is 560 g/mol. The molecule has 9 nitrogen and oxygen atoms in total. The van der Waals surface area contributed by atoms with Gasteiger partial charge in [0.05, 0.1) is 17.5 Å². The number of hydrogen-bond donors (Lipinski definition) is 2. The van der Waals surface area contributed by atoms with E-state index in [-0.39, 0.29) is 36.1 Å². The Balaban J connectivity index is 1.44. The highest BCUT2D eigenvalue weighted by molar-refractivity contribution is 7.89. The van der Waals surface area contributed by atoms with Gasteiger partial charge in [-0.05, 0) is 61.6 Å². The van der Waals surface area contributed by atoms with Gasteiger partial charge in [-0.1, -0.05) is 43.6 Å². The first-order valence-electron chi connectivity index (χ1n) is 12.4. The summed E-state index contributed by atoms with van der Waals surface area (Å²) in [6.07, 6.45) is 1.00. The van der Waals surface area contributed by atoms with Crippen LogP contribution in [0.4, 0.5) is 0 Å². The molecule has 2 heterocycles. The number of carbonyl (C=O) groups excluding carboxylic acids is 3. The van der Waals surface area contributed by atoms with Gasteiger partial charge in [-0.25, -0.2) is 8.42 Å². The normalized spacial score (nSPS) is 17.8. The average Bonchev–Trinajstić information content (AvgIpc) is 3.22. The maximum absolute atomic E-state index is 13.2. The van der Waals surface area contributed by atoms with Crippen LogP contribution < -0.4 is 10.6 Å². The third kappa shape index (κ3) is 6.43. The summed E-state index contributed by atoms with van der Waals surface area (Å²) < 4.78 is 32.9. The van der Waals surface area contributed by atoms with Crippen molar-refractivity contribution in [2.75, 3.05) is 13.1 Å². The monoisotopic (exact) mass is 559 g/mol. The van der Waals surface area contributed by atoms with E-state index in [9.17, 15) is 22.8 Å². The Morgan fingerprint density at radius 2 is 1.84 bits per heavy atom. The molecule has 3 aromatic rings. The smallest absolute Gasteiger partial charge is 0.287 e. The van der Waals surface area contributed by atoms with Crippen LogP contribution in [0.1, 0.15) is 43.7 Å². The molecule has 2 unspecified atom stereocenters. The van der Waals surface area contributed by atoms with Crippen molar-refractivity contribution in [1.82, 2.24) is 14.9 Å². The first-order chi connectivity index (χ1) is 18.0. The van der Waals surface area contributed by atoms with E-state index < -0.39 is 39.7 Å². The fourth-order valence-corrected chi connectivity index (χ4v) is 5.98. The molecular formula is C27H30ClN3O6S. The van der Waals surface area contributed by atoms with Crippen LogP contribution in [-0.4, -0.2) is 55.5 Å². The van der Waals surface area contributed by atoms with Crippen LogP contribution in [0, 0.1) is 5.92 Å². The van der Waals surface area contributed by atoms with Crippen molar-refractivity contribution >= 4 is 50.2 Å². The molecule has 1 aromatic heterocycles. The van der Waals surface area contributed by atoms with E-state index >= 15 is 0 Å². The molecule has 202 valence electrons. The number of Topliss-reactive ketones (excluding diaryl/α,β-unsaturated/α-hetero) is 1. The van der Waals surface area contributed by atoms with Crippen LogP contribution in [0.5, 0.6) is 0 Å². The molecule has 2 atom stereocenters. The predicted octanol–water partition coefficient (Wildman–Crippen LogP) is 3.77. The Morgan fingerprint density at radius 1 is 1.13 bits per heavy atom. The zero-order chi connectivity index (χ0) is 27.4. The number of nitrogens with one attached hydrogen (secondary N) is 2. The number of sulfonamides is 1. The van der Waals surface area contributed by atoms with Gasteiger partial charge in [0.25, 0.3) is 5.91 Å². The number of furan rings is 1. The van der Waals surface area contributed by atoms with E-state index in [1.807, 2.05) is 26.0 Å². The summed E-state index contributed by atoms with van der Waals surface area (Å²) in [5.41, 5.74) is 0.560. The lowest BCUT2D eigenvalue weighted by Crippen LogP contribution is -2.52. The van der Waals surface area contributed by atoms with Gasteiger partial charge in [-0.2, -0.15) is 4.31 Å². The molecule has 1 fully saturated rings. The lowest BCUT2D eigenvalue weighted by atomic mass is 10.0. The number of hydrogen-bond acceptors (Lipinski definition) is 6. The van der Waals surface area contributed by atoms with Crippen molar-refractivity contribution in [1.29, 1.82) is 0 Å². The number of carbonyl (C=O) groups is 3. The van der Waals surface area contributed by atoms with Crippen LogP contribution >= 0.6 is 11.6 Å². The summed E-state index contributed by atoms with van der Waals surface area (Å²) in [5.74, 6) is -1.29. The van der Waals surface area contributed by atoms with Gasteiger partial charge in [0.2, 0.25) is 15.9 Å². The lowest BCUT2D eigenvalue weighted by molar-refractivity contribution is -0.129. The van der Waals surface area contributed by atoms with E-state index in [1.54, 1.807) is 18.2 Å². The lowest BCUT2D eigenvalue weighted by Gasteiger charge is -2.23. The molecule has 0 bridgehead atoms. The third-order valence-corrected chi connectivity index (χ3v) is 8.48. The predicted molar refractivity (Wildman–Crippen MR) is 143 cm³/mol. The van der Waals surface area contributed by atoms with Gasteiger partial charge in [0, 0.05) is 17.0 Å². The molecule has 4 rings (SSSR count). The molecular weight excluding hydrogens is 530 g/mol. The van der Waals surface area contributed by atoms with Gasteiger partial charge in [-0.15, -0.1) is 0 Å². The fourth-order valence-electron chi connectivity index (χ4n) is 4.41. The molecule has 0 saturated carbocycles. The number of fused-ring (bicyclic) bond motifs is 1. The first kappa shape index (κ1) is 27.8. The molecule has 11 heteroatoms. The van der Waals surface area contributed by atoms with Gasteiger partial charge in [-0.3, -0.25) is 14.4 Å². The molecule has 1 aliphatic heterocycles. The highest BCUT2D eigenvalue weighted by Crippen LogP contribution is 2.22. The minimum atomic E-state index is -3.90. The van der Waals surface area contributed by atoms with Crippen LogP contribution in [-0.2, 0) is 19.6 Å². The summed E-state index contributed by atoms with van der Waals surface area (Å²) in [4.78, 5) is 39.2. The summed E-state index contributed by atoms with van der Waals surface area (Å²) >= 11 is 5.87. The maximum Gasteiger partial charge on any atom is 0.287 e. The third-order valence-electron chi connectivity index (χ3n) is 6.37. The molecule has 2 aromatic carbocycles. The Labute approximate surface area is 226 Å². The van der Waals surface area contributed by atoms with Gasteiger partial charge < -0.3 is 15.1 Å². The molecule has 2 N–H and O–H groups in total. The number of halogens is 1. The first-order valence-corrected chi connectivity index (χ1v) is 14.2. The minimum Gasteiger partial charge on any atom is -0.451 e. The second-order valence-corrected chi connectivity index (χ2v) is 12.1. The Kier molecular flexibility index (Phi) is 8.54. The van der Waals surface area contributed by atoms with E-state index in [4.69, 9.17) is 16.0 Å². The SMILES string of the molecule is CC(C)CC(NC(=O)c1cc2ccccc2o1)C(=O)NC1CCCN(S(=O)(=O)c2ccc(Cl)cc2)CC1=O. The van der Waals surface area contributed by atoms with E-state index in [0.717, 1.165) is 9.69 Å². The number of amides is 2. The zero-order valence-corrected chi connectivity index (χ0v) is 22.7. The van der Waals surface area contributed by atoms with E-state index in [0.29, 0.717) is 23.4 Å². The van der Waals surface area contributed by atoms with Crippen LogP contribution in [0.15, 0.2) is 63.9 Å². The second kappa shape index (κ2) is 11.7. The van der Waals surface area contributed by atoms with Crippen LogP contribution in [0.3, 0.4) is 0 Å². The quantitative estimate of drug-likeness (QED) is 0.433. The van der Waals surface area contributed by atoms with Crippen molar-refractivity contribution < 1.29 is 27.2 Å². The number of para-hydroxylation sites is 1. The van der Waals surface area contributed by atoms with Gasteiger partial charge in [0.15, 0.2) is 11.5 Å². The van der Waals surface area contributed by atoms with Crippen LogP contribution in [0.2, 0.25) is 5.02 Å². The fraction of sp³-hybridized carbons (Fsp3) is 0.370. The Hall–Kier alpha value is -3.21. The van der Waals surface area contributed by atoms with Crippen molar-refractivity contribution in [3.8, 4) is 0 Å². The summed E-state index contributed by atoms with van der Waals surface area (Å²) in [5, 5.41) is 6.65. The number of rotatable bonds is 8. The van der Waals surface area contributed by atoms with Crippen molar-refractivity contribution in [3.63, 3.8) is 0 Å². The highest BCUT2D eigenvalue weighted by Gasteiger charge is 2.34. The van der Waals surface area contributed by atoms with Crippen molar-refractivity contribution in [2.24, 2.45) is 5.92 Å². The van der Waals surface area contributed by atoms with E-state index in [2.05, 4.69) is 10.6 Å². The second-order valence-electron chi connectivity index (χ2n) is 9.77. The standard InChI is InChI=1S/C27H30ClN3O6S/c1-17(2)14-22(30-27(34)25-15-18-6-3-4-8-24(18)37-25)26(33)29-21-7-5-13-31(16-23(21)32)38(35,36)20-11-9-19(28)10-12-20/h3-4,6,8-12,15,17,21-22H,5,7,13-14,16H2,1-2H3,(H,29,33)(H,30,34). The van der Waals surface area contributed by atoms with Crippen LogP contribution in [0.25, 0.3) is 11.0 Å². The Morgan fingerprint density at radius 3 is 2.53 bits per heavy atom. The van der Waals surface area contributed by atoms with Crippen molar-refractivity contribution in [2.45, 2.75) is 50.1 Å². The molecule has 0 aliphatic carbocycles. The summed E-state index contributed by atoms with van der Waals surface area (Å²) in [6, 6.07) is 12.8. The molecule has 1 saturated heterocycles. The number of benzene rings is 2. The topological polar surface area (TPSA) is 126 Å². The molecule has 1 aliphatic rings. The zero-order valence-electron chi connectivity index (χ0n) is 21.1.